The Hall–Kier alpha value is -3.61. The summed E-state index contributed by atoms with van der Waals surface area (Å²) in [5, 5.41) is 0. The number of hydrogen-bond acceptors (Lipinski definition) is 7. The standard InChI is InChI=1S/C23H20O7/c1-11-14-5-12-6-16-17(29-10-28-16)9-15(12)20(21(14)23(24)30-11)13-7-18(25-2)22(27-4)19(8-13)26-3/h6-9,20H,1,5,10H2,2-4H3. The van der Waals surface area contributed by atoms with E-state index in [0.717, 1.165) is 22.3 Å². The van der Waals surface area contributed by atoms with Crippen LogP contribution in [-0.2, 0) is 16.0 Å². The van der Waals surface area contributed by atoms with E-state index in [1.165, 1.54) is 0 Å². The molecule has 7 nitrogen and oxygen atoms in total. The maximum Gasteiger partial charge on any atom is 0.340 e. The van der Waals surface area contributed by atoms with Crippen LogP contribution in [0.1, 0.15) is 22.6 Å². The van der Waals surface area contributed by atoms with Crippen LogP contribution in [0.2, 0.25) is 0 Å². The molecular formula is C23H20O7. The number of carbonyl (C=O) groups excluding carboxylic acids is 1. The fourth-order valence-corrected chi connectivity index (χ4v) is 4.37. The maximum absolute atomic E-state index is 12.8. The number of methoxy groups -OCH3 is 3. The lowest BCUT2D eigenvalue weighted by Gasteiger charge is -2.27. The lowest BCUT2D eigenvalue weighted by atomic mass is 9.74. The van der Waals surface area contributed by atoms with Crippen LogP contribution in [0.4, 0.5) is 0 Å². The zero-order chi connectivity index (χ0) is 21.0. The average molecular weight is 408 g/mol. The Labute approximate surface area is 173 Å². The minimum atomic E-state index is -0.404. The van der Waals surface area contributed by atoms with Crippen molar-refractivity contribution in [1.82, 2.24) is 0 Å². The van der Waals surface area contributed by atoms with Crippen molar-refractivity contribution in [1.29, 1.82) is 0 Å². The largest absolute Gasteiger partial charge is 0.493 e. The van der Waals surface area contributed by atoms with Crippen molar-refractivity contribution < 1.29 is 33.2 Å². The lowest BCUT2D eigenvalue weighted by Crippen LogP contribution is -2.18. The SMILES string of the molecule is C=C1OC(=O)C2=C1Cc1cc3c(cc1C2c1cc(OC)c(OC)c(OC)c1)OCO3. The van der Waals surface area contributed by atoms with Gasteiger partial charge in [0.15, 0.2) is 23.0 Å². The van der Waals surface area contributed by atoms with Gasteiger partial charge in [0.2, 0.25) is 12.5 Å². The number of cyclic esters (lactones) is 1. The first-order chi connectivity index (χ1) is 14.5. The quantitative estimate of drug-likeness (QED) is 0.717. The fourth-order valence-electron chi connectivity index (χ4n) is 4.37. The van der Waals surface area contributed by atoms with Crippen molar-refractivity contribution in [3.05, 3.63) is 64.4 Å². The van der Waals surface area contributed by atoms with Crippen LogP contribution in [0.3, 0.4) is 0 Å². The molecule has 0 aromatic heterocycles. The number of carbonyl (C=O) groups is 1. The second kappa shape index (κ2) is 6.73. The molecule has 2 aromatic carbocycles. The first-order valence-corrected chi connectivity index (χ1v) is 9.42. The average Bonchev–Trinajstić information content (AvgIpc) is 3.32. The van der Waals surface area contributed by atoms with Crippen molar-refractivity contribution in [3.8, 4) is 28.7 Å². The number of benzene rings is 2. The molecule has 0 bridgehead atoms. The van der Waals surface area contributed by atoms with Gasteiger partial charge in [0.05, 0.1) is 26.9 Å². The Morgan fingerprint density at radius 1 is 0.967 bits per heavy atom. The number of ether oxygens (including phenoxy) is 6. The molecule has 0 amide bonds. The molecule has 0 radical (unpaired) electrons. The third-order valence-electron chi connectivity index (χ3n) is 5.72. The molecular weight excluding hydrogens is 388 g/mol. The predicted molar refractivity (Wildman–Crippen MR) is 106 cm³/mol. The normalized spacial score (nSPS) is 18.7. The van der Waals surface area contributed by atoms with Gasteiger partial charge in [0.1, 0.15) is 5.76 Å². The zero-order valence-corrected chi connectivity index (χ0v) is 16.9. The molecule has 0 spiro atoms. The second-order valence-corrected chi connectivity index (χ2v) is 7.18. The van der Waals surface area contributed by atoms with E-state index in [4.69, 9.17) is 28.4 Å². The van der Waals surface area contributed by atoms with Crippen molar-refractivity contribution in [2.24, 2.45) is 0 Å². The fraction of sp³-hybridized carbons (Fsp3) is 0.261. The molecule has 154 valence electrons. The monoisotopic (exact) mass is 408 g/mol. The Morgan fingerprint density at radius 2 is 1.63 bits per heavy atom. The number of fused-ring (bicyclic) bond motifs is 2. The lowest BCUT2D eigenvalue weighted by molar-refractivity contribution is -0.133. The van der Waals surface area contributed by atoms with E-state index in [1.54, 1.807) is 21.3 Å². The third-order valence-corrected chi connectivity index (χ3v) is 5.72. The Morgan fingerprint density at radius 3 is 2.27 bits per heavy atom. The van der Waals surface area contributed by atoms with Crippen LogP contribution >= 0.6 is 0 Å². The zero-order valence-electron chi connectivity index (χ0n) is 16.9. The van der Waals surface area contributed by atoms with Gasteiger partial charge in [-0.15, -0.1) is 0 Å². The first-order valence-electron chi connectivity index (χ1n) is 9.42. The molecule has 3 aliphatic rings. The molecule has 2 heterocycles. The first kappa shape index (κ1) is 18.4. The summed E-state index contributed by atoms with van der Waals surface area (Å²) in [5.74, 6) is 2.43. The molecule has 30 heavy (non-hydrogen) atoms. The summed E-state index contributed by atoms with van der Waals surface area (Å²) >= 11 is 0. The maximum atomic E-state index is 12.8. The topological polar surface area (TPSA) is 72.5 Å². The van der Waals surface area contributed by atoms with Crippen LogP contribution in [0.5, 0.6) is 28.7 Å². The smallest absolute Gasteiger partial charge is 0.340 e. The van der Waals surface area contributed by atoms with Crippen LogP contribution in [0.25, 0.3) is 0 Å². The predicted octanol–water partition coefficient (Wildman–Crippen LogP) is 3.50. The molecule has 7 heteroatoms. The van der Waals surface area contributed by atoms with Crippen LogP contribution in [-0.4, -0.2) is 34.1 Å². The molecule has 5 rings (SSSR count). The van der Waals surface area contributed by atoms with Crippen molar-refractivity contribution in [2.75, 3.05) is 28.1 Å². The van der Waals surface area contributed by atoms with E-state index in [0.29, 0.717) is 46.5 Å². The van der Waals surface area contributed by atoms with E-state index >= 15 is 0 Å². The summed E-state index contributed by atoms with van der Waals surface area (Å²) in [6, 6.07) is 7.60. The number of esters is 1. The summed E-state index contributed by atoms with van der Waals surface area (Å²) in [5.41, 5.74) is 4.14. The molecule has 1 unspecified atom stereocenters. The van der Waals surface area contributed by atoms with Gasteiger partial charge < -0.3 is 28.4 Å². The minimum absolute atomic E-state index is 0.176. The van der Waals surface area contributed by atoms with Crippen LogP contribution < -0.4 is 23.7 Å². The van der Waals surface area contributed by atoms with Crippen LogP contribution in [0.15, 0.2) is 47.7 Å². The summed E-state index contributed by atoms with van der Waals surface area (Å²) in [4.78, 5) is 12.8. The molecule has 0 fully saturated rings. The number of hydrogen-bond donors (Lipinski definition) is 0. The molecule has 2 aliphatic heterocycles. The highest BCUT2D eigenvalue weighted by atomic mass is 16.7. The van der Waals surface area contributed by atoms with Crippen LogP contribution in [0, 0.1) is 0 Å². The Kier molecular flexibility index (Phi) is 4.13. The number of rotatable bonds is 4. The molecule has 1 atom stereocenters. The van der Waals surface area contributed by atoms with Gasteiger partial charge in [-0.2, -0.15) is 0 Å². The van der Waals surface area contributed by atoms with Gasteiger partial charge >= 0.3 is 5.97 Å². The summed E-state index contributed by atoms with van der Waals surface area (Å²) in [7, 11) is 4.67. The molecule has 2 aromatic rings. The van der Waals surface area contributed by atoms with Crippen molar-refractivity contribution in [3.63, 3.8) is 0 Å². The minimum Gasteiger partial charge on any atom is -0.493 e. The second-order valence-electron chi connectivity index (χ2n) is 7.18. The van der Waals surface area contributed by atoms with Crippen molar-refractivity contribution in [2.45, 2.75) is 12.3 Å². The highest BCUT2D eigenvalue weighted by molar-refractivity contribution is 5.98. The third kappa shape index (κ3) is 2.55. The highest BCUT2D eigenvalue weighted by Crippen LogP contribution is 2.51. The summed E-state index contributed by atoms with van der Waals surface area (Å²) in [6.45, 7) is 4.11. The van der Waals surface area contributed by atoms with Crippen molar-refractivity contribution >= 4 is 5.97 Å². The Balaban J connectivity index is 1.77. The molecule has 0 N–H and O–H groups in total. The van der Waals surface area contributed by atoms with E-state index in [9.17, 15) is 4.79 Å². The van der Waals surface area contributed by atoms with Gasteiger partial charge in [-0.25, -0.2) is 4.79 Å². The summed E-state index contributed by atoms with van der Waals surface area (Å²) < 4.78 is 33.1. The van der Waals surface area contributed by atoms with E-state index in [1.807, 2.05) is 24.3 Å². The number of allylic oxidation sites excluding steroid dienone is 1. The van der Waals surface area contributed by atoms with Gasteiger partial charge in [0.25, 0.3) is 0 Å². The van der Waals surface area contributed by atoms with E-state index in [-0.39, 0.29) is 6.79 Å². The van der Waals surface area contributed by atoms with Gasteiger partial charge in [0, 0.05) is 17.9 Å². The molecule has 0 saturated carbocycles. The molecule has 1 aliphatic carbocycles. The highest BCUT2D eigenvalue weighted by Gasteiger charge is 2.41. The Bertz CT molecular complexity index is 1100. The van der Waals surface area contributed by atoms with E-state index < -0.39 is 11.9 Å². The van der Waals surface area contributed by atoms with E-state index in [2.05, 4.69) is 6.58 Å². The molecule has 0 saturated heterocycles. The summed E-state index contributed by atoms with van der Waals surface area (Å²) in [6.07, 6.45) is 0.535. The van der Waals surface area contributed by atoms with Gasteiger partial charge in [-0.3, -0.25) is 0 Å². The van der Waals surface area contributed by atoms with Gasteiger partial charge in [-0.05, 0) is 41.0 Å². The van der Waals surface area contributed by atoms with Gasteiger partial charge in [-0.1, -0.05) is 6.58 Å².